The Morgan fingerprint density at radius 1 is 1.05 bits per heavy atom. The number of rotatable bonds is 6. The minimum atomic E-state index is -4.55. The van der Waals surface area contributed by atoms with Crippen molar-refractivity contribution in [3.8, 4) is 0 Å². The molecule has 0 unspecified atom stereocenters. The largest absolute Gasteiger partial charge is 0.460 e. The van der Waals surface area contributed by atoms with Crippen molar-refractivity contribution in [2.75, 3.05) is 24.6 Å². The van der Waals surface area contributed by atoms with Gasteiger partial charge in [0.25, 0.3) is 5.91 Å². The standard InChI is InChI=1S/C30H33F3N2O5/c1-29(2,3)40-27(37)22-13-15-34(16-14-22)25-18-23(30(31,32)33)11-9-21(25)10-12-26(36)35-24(19-39-28(35)38)17-20-7-5-4-6-8-20/h4-12,18,22,24H,13-17,19H2,1-3H3/b12-10+/t24-/m1/s1. The second-order valence-corrected chi connectivity index (χ2v) is 11.0. The molecule has 214 valence electrons. The molecule has 2 aliphatic heterocycles. The predicted molar refractivity (Wildman–Crippen MR) is 143 cm³/mol. The number of alkyl halides is 3. The Balaban J connectivity index is 1.52. The molecule has 2 aromatic carbocycles. The first-order chi connectivity index (χ1) is 18.8. The number of piperidine rings is 1. The molecule has 40 heavy (non-hydrogen) atoms. The maximum atomic E-state index is 13.6. The smallest absolute Gasteiger partial charge is 0.417 e. The summed E-state index contributed by atoms with van der Waals surface area (Å²) in [7, 11) is 0. The summed E-state index contributed by atoms with van der Waals surface area (Å²) in [6, 6.07) is 12.2. The molecule has 4 rings (SSSR count). The normalized spacial score (nSPS) is 18.8. The number of benzene rings is 2. The van der Waals surface area contributed by atoms with Gasteiger partial charge in [0, 0.05) is 24.9 Å². The molecule has 2 saturated heterocycles. The molecule has 2 fully saturated rings. The van der Waals surface area contributed by atoms with Crippen molar-refractivity contribution in [1.82, 2.24) is 4.90 Å². The van der Waals surface area contributed by atoms with Crippen LogP contribution in [0, 0.1) is 5.92 Å². The van der Waals surface area contributed by atoms with Crippen molar-refractivity contribution in [3.63, 3.8) is 0 Å². The van der Waals surface area contributed by atoms with E-state index in [0.717, 1.165) is 22.6 Å². The van der Waals surface area contributed by atoms with Gasteiger partial charge in [-0.3, -0.25) is 9.59 Å². The van der Waals surface area contributed by atoms with Crippen molar-refractivity contribution in [2.45, 2.75) is 57.9 Å². The molecule has 0 aliphatic carbocycles. The lowest BCUT2D eigenvalue weighted by Gasteiger charge is -2.35. The van der Waals surface area contributed by atoms with E-state index in [9.17, 15) is 27.6 Å². The fourth-order valence-electron chi connectivity index (χ4n) is 4.88. The number of hydrogen-bond donors (Lipinski definition) is 0. The van der Waals surface area contributed by atoms with Crippen LogP contribution in [-0.4, -0.2) is 54.2 Å². The number of anilines is 1. The highest BCUT2D eigenvalue weighted by molar-refractivity contribution is 6.02. The van der Waals surface area contributed by atoms with E-state index >= 15 is 0 Å². The molecule has 10 heteroatoms. The zero-order valence-electron chi connectivity index (χ0n) is 22.7. The number of carbonyl (C=O) groups excluding carboxylic acids is 3. The summed E-state index contributed by atoms with van der Waals surface area (Å²) in [6.07, 6.45) is -1.43. The van der Waals surface area contributed by atoms with Crippen LogP contribution >= 0.6 is 0 Å². The predicted octanol–water partition coefficient (Wildman–Crippen LogP) is 5.87. The van der Waals surface area contributed by atoms with Crippen molar-refractivity contribution >= 4 is 29.7 Å². The lowest BCUT2D eigenvalue weighted by atomic mass is 9.95. The quantitative estimate of drug-likeness (QED) is 0.326. The molecule has 0 bridgehead atoms. The van der Waals surface area contributed by atoms with Gasteiger partial charge in [-0.1, -0.05) is 36.4 Å². The van der Waals surface area contributed by atoms with Crippen LogP contribution in [0.1, 0.15) is 50.3 Å². The van der Waals surface area contributed by atoms with E-state index in [-0.39, 0.29) is 18.5 Å². The third kappa shape index (κ3) is 7.22. The summed E-state index contributed by atoms with van der Waals surface area (Å²) in [4.78, 5) is 40.7. The third-order valence-electron chi connectivity index (χ3n) is 6.85. The van der Waals surface area contributed by atoms with Gasteiger partial charge < -0.3 is 14.4 Å². The number of cyclic esters (lactones) is 1. The zero-order chi connectivity index (χ0) is 29.1. The average molecular weight is 559 g/mol. The minimum Gasteiger partial charge on any atom is -0.460 e. The second-order valence-electron chi connectivity index (χ2n) is 11.0. The molecular formula is C30H33F3N2O5. The van der Waals surface area contributed by atoms with Crippen LogP contribution in [0.25, 0.3) is 6.08 Å². The van der Waals surface area contributed by atoms with Crippen molar-refractivity contribution in [3.05, 3.63) is 71.3 Å². The Morgan fingerprint density at radius 2 is 1.73 bits per heavy atom. The van der Waals surface area contributed by atoms with Gasteiger partial charge >= 0.3 is 18.2 Å². The SMILES string of the molecule is CC(C)(C)OC(=O)C1CCN(c2cc(C(F)(F)F)ccc2/C=C/C(=O)N2C(=O)OC[C@H]2Cc2ccccc2)CC1. The van der Waals surface area contributed by atoms with E-state index < -0.39 is 35.4 Å². The van der Waals surface area contributed by atoms with Gasteiger partial charge in [0.2, 0.25) is 0 Å². The van der Waals surface area contributed by atoms with E-state index in [0.29, 0.717) is 43.6 Å². The van der Waals surface area contributed by atoms with E-state index in [4.69, 9.17) is 9.47 Å². The number of ether oxygens (including phenoxy) is 2. The number of hydrogen-bond acceptors (Lipinski definition) is 6. The molecule has 0 radical (unpaired) electrons. The summed E-state index contributed by atoms with van der Waals surface area (Å²) >= 11 is 0. The third-order valence-corrected chi connectivity index (χ3v) is 6.85. The van der Waals surface area contributed by atoms with Crippen LogP contribution in [0.15, 0.2) is 54.6 Å². The summed E-state index contributed by atoms with van der Waals surface area (Å²) in [5.74, 6) is -1.27. The van der Waals surface area contributed by atoms with Gasteiger partial charge in [-0.2, -0.15) is 13.2 Å². The number of imide groups is 1. The first-order valence-corrected chi connectivity index (χ1v) is 13.2. The average Bonchev–Trinajstić information content (AvgIpc) is 3.26. The van der Waals surface area contributed by atoms with Gasteiger partial charge in [-0.15, -0.1) is 0 Å². The van der Waals surface area contributed by atoms with Crippen LogP contribution in [0.2, 0.25) is 0 Å². The van der Waals surface area contributed by atoms with Crippen LogP contribution in [-0.2, 0) is 31.7 Å². The molecule has 7 nitrogen and oxygen atoms in total. The number of carbonyl (C=O) groups is 3. The summed E-state index contributed by atoms with van der Waals surface area (Å²) in [5.41, 5.74) is 0.191. The molecule has 0 saturated carbocycles. The van der Waals surface area contributed by atoms with E-state index in [2.05, 4.69) is 0 Å². The van der Waals surface area contributed by atoms with Crippen molar-refractivity contribution < 1.29 is 37.0 Å². The zero-order valence-corrected chi connectivity index (χ0v) is 22.7. The van der Waals surface area contributed by atoms with Gasteiger partial charge in [0.05, 0.1) is 17.5 Å². The van der Waals surface area contributed by atoms with Gasteiger partial charge in [-0.25, -0.2) is 9.69 Å². The Bertz CT molecular complexity index is 1260. The fourth-order valence-corrected chi connectivity index (χ4v) is 4.88. The first kappa shape index (κ1) is 29.2. The number of esters is 1. The highest BCUT2D eigenvalue weighted by Gasteiger charge is 2.37. The number of halogens is 3. The Kier molecular flexibility index (Phi) is 8.56. The fraction of sp³-hybridized carbons (Fsp3) is 0.433. The summed E-state index contributed by atoms with van der Waals surface area (Å²) < 4.78 is 51.3. The lowest BCUT2D eigenvalue weighted by molar-refractivity contribution is -0.160. The molecule has 2 aromatic rings. The summed E-state index contributed by atoms with van der Waals surface area (Å²) in [5, 5.41) is 0. The Labute approximate surface area is 231 Å². The van der Waals surface area contributed by atoms with Crippen LogP contribution < -0.4 is 4.90 Å². The molecule has 0 aromatic heterocycles. The Morgan fingerprint density at radius 3 is 2.35 bits per heavy atom. The molecule has 1 atom stereocenters. The monoisotopic (exact) mass is 558 g/mol. The molecule has 2 aliphatic rings. The van der Waals surface area contributed by atoms with Gasteiger partial charge in [-0.05, 0) is 69.4 Å². The molecule has 2 heterocycles. The maximum absolute atomic E-state index is 13.6. The van der Waals surface area contributed by atoms with Gasteiger partial charge in [0.1, 0.15) is 12.2 Å². The van der Waals surface area contributed by atoms with Crippen LogP contribution in [0.3, 0.4) is 0 Å². The maximum Gasteiger partial charge on any atom is 0.417 e. The van der Waals surface area contributed by atoms with Crippen molar-refractivity contribution in [1.29, 1.82) is 0 Å². The van der Waals surface area contributed by atoms with Crippen LogP contribution in [0.5, 0.6) is 0 Å². The molecule has 2 amide bonds. The molecule has 0 spiro atoms. The van der Waals surface area contributed by atoms with E-state index in [1.165, 1.54) is 18.2 Å². The topological polar surface area (TPSA) is 76.2 Å². The number of amides is 2. The second kappa shape index (κ2) is 11.7. The summed E-state index contributed by atoms with van der Waals surface area (Å²) in [6.45, 7) is 6.11. The van der Waals surface area contributed by atoms with E-state index in [1.807, 2.05) is 30.3 Å². The Hall–Kier alpha value is -3.82. The number of nitrogens with zero attached hydrogens (tertiary/aromatic N) is 2. The van der Waals surface area contributed by atoms with Gasteiger partial charge in [0.15, 0.2) is 0 Å². The van der Waals surface area contributed by atoms with Crippen molar-refractivity contribution in [2.24, 2.45) is 5.92 Å². The molecular weight excluding hydrogens is 525 g/mol. The lowest BCUT2D eigenvalue weighted by Crippen LogP contribution is -2.39. The highest BCUT2D eigenvalue weighted by Crippen LogP contribution is 2.36. The van der Waals surface area contributed by atoms with Crippen LogP contribution in [0.4, 0.5) is 23.7 Å². The highest BCUT2D eigenvalue weighted by atomic mass is 19.4. The molecule has 0 N–H and O–H groups in total. The minimum absolute atomic E-state index is 0.0609. The van der Waals surface area contributed by atoms with E-state index in [1.54, 1.807) is 25.7 Å². The first-order valence-electron chi connectivity index (χ1n) is 13.2.